The van der Waals surface area contributed by atoms with E-state index in [0.717, 1.165) is 31.2 Å². The Kier molecular flexibility index (Phi) is 8.08. The van der Waals surface area contributed by atoms with Gasteiger partial charge in [0, 0.05) is 29.6 Å². The molecule has 1 saturated heterocycles. The zero-order valence-corrected chi connectivity index (χ0v) is 21.9. The van der Waals surface area contributed by atoms with Crippen LogP contribution in [0, 0.1) is 11.3 Å². The summed E-state index contributed by atoms with van der Waals surface area (Å²) < 4.78 is 0. The van der Waals surface area contributed by atoms with E-state index >= 15 is 0 Å². The van der Waals surface area contributed by atoms with Gasteiger partial charge in [-0.1, -0.05) is 80.8 Å². The molecule has 4 atom stereocenters. The van der Waals surface area contributed by atoms with Crippen LogP contribution in [0.15, 0.2) is 54.6 Å². The number of aliphatic hydroxyl groups excluding tert-OH is 1. The van der Waals surface area contributed by atoms with E-state index in [1.165, 1.54) is 0 Å². The number of amides is 2. The van der Waals surface area contributed by atoms with E-state index in [2.05, 4.69) is 5.32 Å². The molecule has 0 aromatic heterocycles. The van der Waals surface area contributed by atoms with Crippen molar-refractivity contribution in [3.63, 3.8) is 0 Å². The molecule has 4 rings (SSSR count). The molecule has 0 radical (unpaired) electrons. The molecule has 7 heteroatoms. The first-order chi connectivity index (χ1) is 17.1. The molecule has 2 fully saturated rings. The number of carbonyl (C=O) groups is 2. The quantitative estimate of drug-likeness (QED) is 0.528. The zero-order valence-electron chi connectivity index (χ0n) is 21.1. The Balaban J connectivity index is 1.41. The van der Waals surface area contributed by atoms with E-state index in [4.69, 9.17) is 11.6 Å². The Hall–Kier alpha value is -2.41. The molecule has 0 spiro atoms. The molecule has 2 aliphatic rings. The molecule has 6 nitrogen and oxygen atoms in total. The van der Waals surface area contributed by atoms with Gasteiger partial charge in [0.2, 0.25) is 11.8 Å². The van der Waals surface area contributed by atoms with E-state index < -0.39 is 17.1 Å². The third-order valence-electron chi connectivity index (χ3n) is 8.08. The SMILES string of the molecule is CC1(C)CN(C(=O)[C@H]2CCCC[C@H]2NC(=O)C[C@@H](O)c2ccccc2)CC[C@]1(O)c1ccc(Cl)cc1. The third kappa shape index (κ3) is 5.61. The zero-order chi connectivity index (χ0) is 25.9. The van der Waals surface area contributed by atoms with Crippen LogP contribution in [0.2, 0.25) is 5.02 Å². The minimum Gasteiger partial charge on any atom is -0.388 e. The van der Waals surface area contributed by atoms with E-state index in [0.29, 0.717) is 30.1 Å². The minimum atomic E-state index is -1.07. The fraction of sp³-hybridized carbons (Fsp3) is 0.517. The number of nitrogens with zero attached hydrogens (tertiary/aromatic N) is 1. The number of aliphatic hydroxyl groups is 2. The van der Waals surface area contributed by atoms with Gasteiger partial charge in [-0.25, -0.2) is 0 Å². The molecule has 1 aliphatic carbocycles. The monoisotopic (exact) mass is 512 g/mol. The summed E-state index contributed by atoms with van der Waals surface area (Å²) in [7, 11) is 0. The van der Waals surface area contributed by atoms with E-state index in [1.54, 1.807) is 24.3 Å². The topological polar surface area (TPSA) is 89.9 Å². The first kappa shape index (κ1) is 26.6. The Morgan fingerprint density at radius 3 is 2.42 bits per heavy atom. The standard InChI is InChI=1S/C29H37ClN2O4/c1-28(2)19-32(17-16-29(28,36)21-12-14-22(30)15-13-21)27(35)23-10-6-7-11-24(23)31-26(34)18-25(33)20-8-4-3-5-9-20/h3-5,8-9,12-15,23-25,33,36H,6-7,10-11,16-19H2,1-2H3,(H,31,34)/t23-,24+,25+,29-/m0/s1. The highest BCUT2D eigenvalue weighted by Gasteiger charge is 2.50. The number of rotatable bonds is 6. The highest BCUT2D eigenvalue weighted by molar-refractivity contribution is 6.30. The molecule has 2 aromatic rings. The third-order valence-corrected chi connectivity index (χ3v) is 8.33. The van der Waals surface area contributed by atoms with Crippen molar-refractivity contribution in [1.82, 2.24) is 10.2 Å². The summed E-state index contributed by atoms with van der Waals surface area (Å²) >= 11 is 6.05. The van der Waals surface area contributed by atoms with Gasteiger partial charge in [-0.15, -0.1) is 0 Å². The first-order valence-corrected chi connectivity index (χ1v) is 13.3. The van der Waals surface area contributed by atoms with Crippen LogP contribution in [0.5, 0.6) is 0 Å². The van der Waals surface area contributed by atoms with Gasteiger partial charge >= 0.3 is 0 Å². The van der Waals surface area contributed by atoms with Crippen molar-refractivity contribution in [3.8, 4) is 0 Å². The lowest BCUT2D eigenvalue weighted by atomic mass is 9.66. The van der Waals surface area contributed by atoms with Crippen molar-refractivity contribution < 1.29 is 19.8 Å². The summed E-state index contributed by atoms with van der Waals surface area (Å²) in [6, 6.07) is 16.2. The van der Waals surface area contributed by atoms with Crippen LogP contribution in [0.4, 0.5) is 0 Å². The molecule has 2 aromatic carbocycles. The molecule has 1 saturated carbocycles. The molecule has 1 heterocycles. The molecule has 0 unspecified atom stereocenters. The Morgan fingerprint density at radius 1 is 1.08 bits per heavy atom. The lowest BCUT2D eigenvalue weighted by molar-refractivity contribution is -0.158. The second-order valence-corrected chi connectivity index (χ2v) is 11.4. The number of halogens is 1. The fourth-order valence-electron chi connectivity index (χ4n) is 5.84. The molecule has 0 bridgehead atoms. The minimum absolute atomic E-state index is 0.0354. The molecular weight excluding hydrogens is 476 g/mol. The summed E-state index contributed by atoms with van der Waals surface area (Å²) in [6.07, 6.45) is 2.89. The summed E-state index contributed by atoms with van der Waals surface area (Å²) in [5, 5.41) is 25.8. The number of benzene rings is 2. The average Bonchev–Trinajstić information content (AvgIpc) is 2.86. The molecule has 2 amide bonds. The van der Waals surface area contributed by atoms with E-state index in [1.807, 2.05) is 49.1 Å². The van der Waals surface area contributed by atoms with Crippen LogP contribution in [-0.2, 0) is 15.2 Å². The summed E-state index contributed by atoms with van der Waals surface area (Å²) in [6.45, 7) is 4.86. The van der Waals surface area contributed by atoms with Crippen LogP contribution >= 0.6 is 11.6 Å². The van der Waals surface area contributed by atoms with Crippen molar-refractivity contribution in [1.29, 1.82) is 0 Å². The first-order valence-electron chi connectivity index (χ1n) is 12.9. The van der Waals surface area contributed by atoms with Gasteiger partial charge in [0.15, 0.2) is 0 Å². The predicted molar refractivity (Wildman–Crippen MR) is 140 cm³/mol. The number of piperidine rings is 1. The molecule has 194 valence electrons. The van der Waals surface area contributed by atoms with Crippen LogP contribution in [0.25, 0.3) is 0 Å². The van der Waals surface area contributed by atoms with Crippen molar-refractivity contribution in [2.75, 3.05) is 13.1 Å². The maximum absolute atomic E-state index is 13.7. The van der Waals surface area contributed by atoms with Crippen molar-refractivity contribution >= 4 is 23.4 Å². The van der Waals surface area contributed by atoms with Gasteiger partial charge in [0.1, 0.15) is 0 Å². The second-order valence-electron chi connectivity index (χ2n) is 11.0. The van der Waals surface area contributed by atoms with E-state index in [-0.39, 0.29) is 30.2 Å². The fourth-order valence-corrected chi connectivity index (χ4v) is 5.97. The maximum atomic E-state index is 13.7. The van der Waals surface area contributed by atoms with Gasteiger partial charge in [0.25, 0.3) is 0 Å². The largest absolute Gasteiger partial charge is 0.388 e. The predicted octanol–water partition coefficient (Wildman–Crippen LogP) is 4.58. The number of carbonyl (C=O) groups excluding carboxylic acids is 2. The number of nitrogens with one attached hydrogen (secondary N) is 1. The Bertz CT molecular complexity index is 1060. The Labute approximate surface area is 218 Å². The van der Waals surface area contributed by atoms with Crippen molar-refractivity contribution in [2.24, 2.45) is 11.3 Å². The molecular formula is C29H37ClN2O4. The van der Waals surface area contributed by atoms with Crippen LogP contribution in [0.1, 0.15) is 69.6 Å². The van der Waals surface area contributed by atoms with Crippen LogP contribution in [-0.4, -0.2) is 46.1 Å². The average molecular weight is 513 g/mol. The second kappa shape index (κ2) is 10.9. The lowest BCUT2D eigenvalue weighted by Crippen LogP contribution is -2.59. The van der Waals surface area contributed by atoms with Gasteiger partial charge < -0.3 is 20.4 Å². The summed E-state index contributed by atoms with van der Waals surface area (Å²) in [5.74, 6) is -0.504. The highest BCUT2D eigenvalue weighted by Crippen LogP contribution is 2.46. The summed E-state index contributed by atoms with van der Waals surface area (Å²) in [4.78, 5) is 28.3. The highest BCUT2D eigenvalue weighted by atomic mass is 35.5. The number of likely N-dealkylation sites (tertiary alicyclic amines) is 1. The van der Waals surface area contributed by atoms with Crippen molar-refractivity contribution in [3.05, 3.63) is 70.7 Å². The maximum Gasteiger partial charge on any atom is 0.227 e. The van der Waals surface area contributed by atoms with Gasteiger partial charge in [-0.2, -0.15) is 0 Å². The molecule has 3 N–H and O–H groups in total. The smallest absolute Gasteiger partial charge is 0.227 e. The molecule has 36 heavy (non-hydrogen) atoms. The van der Waals surface area contributed by atoms with E-state index in [9.17, 15) is 19.8 Å². The van der Waals surface area contributed by atoms with Crippen LogP contribution < -0.4 is 5.32 Å². The Morgan fingerprint density at radius 2 is 1.75 bits per heavy atom. The lowest BCUT2D eigenvalue weighted by Gasteiger charge is -2.51. The van der Waals surface area contributed by atoms with Crippen LogP contribution in [0.3, 0.4) is 0 Å². The molecule has 1 aliphatic heterocycles. The van der Waals surface area contributed by atoms with Gasteiger partial charge in [-0.05, 0) is 42.5 Å². The number of hydrogen-bond acceptors (Lipinski definition) is 4. The normalized spacial score (nSPS) is 26.8. The summed E-state index contributed by atoms with van der Waals surface area (Å²) in [5.41, 5.74) is -0.124. The number of hydrogen-bond donors (Lipinski definition) is 3. The van der Waals surface area contributed by atoms with Gasteiger partial charge in [0.05, 0.1) is 24.0 Å². The van der Waals surface area contributed by atoms with Gasteiger partial charge in [-0.3, -0.25) is 9.59 Å². The van der Waals surface area contributed by atoms with Crippen molar-refractivity contribution in [2.45, 2.75) is 70.1 Å².